The second-order valence-electron chi connectivity index (χ2n) is 3.81. The smallest absolute Gasteiger partial charge is 0.306 e. The van der Waals surface area contributed by atoms with Crippen LogP contribution in [-0.2, 0) is 11.2 Å². The predicted octanol–water partition coefficient (Wildman–Crippen LogP) is 2.39. The Morgan fingerprint density at radius 3 is 2.76 bits per heavy atom. The third-order valence-corrected chi connectivity index (χ3v) is 2.51. The number of aliphatic carboxylic acids is 1. The maximum atomic E-state index is 13.0. The van der Waals surface area contributed by atoms with E-state index in [0.717, 1.165) is 18.2 Å². The fourth-order valence-corrected chi connectivity index (χ4v) is 1.43. The minimum absolute atomic E-state index is 0.168. The standard InChI is InChI=1S/C11H12FNO4/c1-7(11(14)15)2-3-8-6-9(12)4-5-10(8)13(16)17/h4-7H,2-3H2,1H3,(H,14,15). The third kappa shape index (κ3) is 3.51. The third-order valence-electron chi connectivity index (χ3n) is 2.51. The summed E-state index contributed by atoms with van der Waals surface area (Å²) in [4.78, 5) is 20.7. The normalized spacial score (nSPS) is 12.1. The Hall–Kier alpha value is -1.98. The van der Waals surface area contributed by atoms with E-state index in [4.69, 9.17) is 5.11 Å². The first-order valence-corrected chi connectivity index (χ1v) is 5.07. The number of halogens is 1. The molecular weight excluding hydrogens is 229 g/mol. The van der Waals surface area contributed by atoms with Crippen LogP contribution in [0.25, 0.3) is 0 Å². The summed E-state index contributed by atoms with van der Waals surface area (Å²) < 4.78 is 13.0. The van der Waals surface area contributed by atoms with Gasteiger partial charge in [-0.25, -0.2) is 4.39 Å². The van der Waals surface area contributed by atoms with Gasteiger partial charge in [0.15, 0.2) is 0 Å². The quantitative estimate of drug-likeness (QED) is 0.634. The molecule has 1 aromatic rings. The van der Waals surface area contributed by atoms with Crippen LogP contribution >= 0.6 is 0 Å². The number of hydrogen-bond donors (Lipinski definition) is 1. The lowest BCUT2D eigenvalue weighted by molar-refractivity contribution is -0.385. The topological polar surface area (TPSA) is 80.4 Å². The van der Waals surface area contributed by atoms with E-state index in [2.05, 4.69) is 0 Å². The summed E-state index contributed by atoms with van der Waals surface area (Å²) in [6.07, 6.45) is 0.404. The van der Waals surface area contributed by atoms with Gasteiger partial charge in [0.2, 0.25) is 0 Å². The molecular formula is C11H12FNO4. The highest BCUT2D eigenvalue weighted by molar-refractivity contribution is 5.69. The van der Waals surface area contributed by atoms with Crippen LogP contribution in [0.3, 0.4) is 0 Å². The Bertz CT molecular complexity index is 447. The van der Waals surface area contributed by atoms with Gasteiger partial charge in [-0.15, -0.1) is 0 Å². The lowest BCUT2D eigenvalue weighted by Gasteiger charge is -2.06. The molecule has 1 aromatic carbocycles. The molecule has 1 unspecified atom stereocenters. The molecule has 0 amide bonds. The minimum Gasteiger partial charge on any atom is -0.481 e. The van der Waals surface area contributed by atoms with E-state index in [9.17, 15) is 19.3 Å². The highest BCUT2D eigenvalue weighted by atomic mass is 19.1. The zero-order chi connectivity index (χ0) is 13.0. The molecule has 0 aromatic heterocycles. The summed E-state index contributed by atoms with van der Waals surface area (Å²) in [5.41, 5.74) is 0.0482. The molecule has 0 saturated carbocycles. The Balaban J connectivity index is 2.85. The Kier molecular flexibility index (Phi) is 4.14. The van der Waals surface area contributed by atoms with Gasteiger partial charge in [-0.3, -0.25) is 14.9 Å². The van der Waals surface area contributed by atoms with Crippen molar-refractivity contribution in [3.63, 3.8) is 0 Å². The minimum atomic E-state index is -0.968. The van der Waals surface area contributed by atoms with Crippen LogP contribution in [0.1, 0.15) is 18.9 Å². The molecule has 1 atom stereocenters. The molecule has 17 heavy (non-hydrogen) atoms. The van der Waals surface area contributed by atoms with Crippen molar-refractivity contribution in [1.82, 2.24) is 0 Å². The number of nitrogens with zero attached hydrogens (tertiary/aromatic N) is 1. The molecule has 0 heterocycles. The van der Waals surface area contributed by atoms with E-state index in [1.54, 1.807) is 0 Å². The molecule has 0 fully saturated rings. The molecule has 0 radical (unpaired) electrons. The number of carbonyl (C=O) groups is 1. The van der Waals surface area contributed by atoms with Gasteiger partial charge in [-0.1, -0.05) is 6.92 Å². The molecule has 0 aliphatic carbocycles. The number of carboxylic acids is 1. The van der Waals surface area contributed by atoms with Crippen molar-refractivity contribution in [2.45, 2.75) is 19.8 Å². The van der Waals surface area contributed by atoms with Gasteiger partial charge in [0.05, 0.1) is 10.8 Å². The van der Waals surface area contributed by atoms with Crippen molar-refractivity contribution >= 4 is 11.7 Å². The SMILES string of the molecule is CC(CCc1cc(F)ccc1[N+](=O)[O-])C(=O)O. The van der Waals surface area contributed by atoms with Gasteiger partial charge in [-0.05, 0) is 25.0 Å². The number of nitro groups is 1. The van der Waals surface area contributed by atoms with Crippen molar-refractivity contribution < 1.29 is 19.2 Å². The second kappa shape index (κ2) is 5.38. The summed E-state index contributed by atoms with van der Waals surface area (Å²) in [6, 6.07) is 3.19. The Morgan fingerprint density at radius 1 is 1.59 bits per heavy atom. The molecule has 0 saturated heterocycles. The first kappa shape index (κ1) is 13.1. The second-order valence-corrected chi connectivity index (χ2v) is 3.81. The van der Waals surface area contributed by atoms with E-state index in [-0.39, 0.29) is 24.1 Å². The summed E-state index contributed by atoms with van der Waals surface area (Å²) >= 11 is 0. The van der Waals surface area contributed by atoms with Gasteiger partial charge >= 0.3 is 5.97 Å². The zero-order valence-corrected chi connectivity index (χ0v) is 9.22. The van der Waals surface area contributed by atoms with Crippen LogP contribution in [0.4, 0.5) is 10.1 Å². The molecule has 1 rings (SSSR count). The monoisotopic (exact) mass is 241 g/mol. The number of benzene rings is 1. The van der Waals surface area contributed by atoms with Crippen molar-refractivity contribution in [1.29, 1.82) is 0 Å². The molecule has 0 spiro atoms. The van der Waals surface area contributed by atoms with Crippen LogP contribution in [0.5, 0.6) is 0 Å². The first-order valence-electron chi connectivity index (χ1n) is 5.07. The van der Waals surface area contributed by atoms with Crippen LogP contribution in [-0.4, -0.2) is 16.0 Å². The molecule has 0 bridgehead atoms. The van der Waals surface area contributed by atoms with E-state index in [0.29, 0.717) is 0 Å². The Morgan fingerprint density at radius 2 is 2.24 bits per heavy atom. The predicted molar refractivity (Wildman–Crippen MR) is 58.2 cm³/mol. The molecule has 6 heteroatoms. The highest BCUT2D eigenvalue weighted by Crippen LogP contribution is 2.22. The number of aryl methyl sites for hydroxylation is 1. The van der Waals surface area contributed by atoms with Gasteiger partial charge in [0, 0.05) is 11.6 Å². The Labute approximate surface area is 97.0 Å². The zero-order valence-electron chi connectivity index (χ0n) is 9.22. The summed E-state index contributed by atoms with van der Waals surface area (Å²) in [6.45, 7) is 1.51. The summed E-state index contributed by atoms with van der Waals surface area (Å²) in [5, 5.41) is 19.4. The largest absolute Gasteiger partial charge is 0.481 e. The lowest BCUT2D eigenvalue weighted by Crippen LogP contribution is -2.10. The van der Waals surface area contributed by atoms with Gasteiger partial charge in [0.25, 0.3) is 5.69 Å². The molecule has 92 valence electrons. The molecule has 1 N–H and O–H groups in total. The van der Waals surface area contributed by atoms with E-state index in [1.807, 2.05) is 0 Å². The van der Waals surface area contributed by atoms with Crippen molar-refractivity contribution in [2.75, 3.05) is 0 Å². The van der Waals surface area contributed by atoms with Crippen molar-refractivity contribution in [2.24, 2.45) is 5.92 Å². The lowest BCUT2D eigenvalue weighted by atomic mass is 10.00. The van der Waals surface area contributed by atoms with Gasteiger partial charge in [-0.2, -0.15) is 0 Å². The average molecular weight is 241 g/mol. The van der Waals surface area contributed by atoms with Crippen LogP contribution in [0.2, 0.25) is 0 Å². The van der Waals surface area contributed by atoms with Gasteiger partial charge < -0.3 is 5.11 Å². The summed E-state index contributed by atoms with van der Waals surface area (Å²) in [7, 11) is 0. The van der Waals surface area contributed by atoms with Crippen LogP contribution < -0.4 is 0 Å². The van der Waals surface area contributed by atoms with E-state index in [1.165, 1.54) is 6.92 Å². The van der Waals surface area contributed by atoms with Crippen LogP contribution in [0, 0.1) is 21.8 Å². The van der Waals surface area contributed by atoms with E-state index < -0.39 is 22.6 Å². The number of nitro benzene ring substituents is 1. The fourth-order valence-electron chi connectivity index (χ4n) is 1.43. The van der Waals surface area contributed by atoms with E-state index >= 15 is 0 Å². The first-order chi connectivity index (χ1) is 7.91. The van der Waals surface area contributed by atoms with Crippen molar-refractivity contribution in [3.05, 3.63) is 39.7 Å². The highest BCUT2D eigenvalue weighted by Gasteiger charge is 2.17. The fraction of sp³-hybridized carbons (Fsp3) is 0.364. The maximum Gasteiger partial charge on any atom is 0.306 e. The summed E-state index contributed by atoms with van der Waals surface area (Å²) in [5.74, 6) is -2.14. The average Bonchev–Trinajstić information content (AvgIpc) is 2.25. The molecule has 0 aliphatic heterocycles. The number of carboxylic acid groups (broad SMARTS) is 1. The molecule has 0 aliphatic rings. The number of rotatable bonds is 5. The maximum absolute atomic E-state index is 13.0. The number of hydrogen-bond acceptors (Lipinski definition) is 3. The van der Waals surface area contributed by atoms with Gasteiger partial charge in [0.1, 0.15) is 5.82 Å². The van der Waals surface area contributed by atoms with Crippen molar-refractivity contribution in [3.8, 4) is 0 Å². The van der Waals surface area contributed by atoms with Crippen LogP contribution in [0.15, 0.2) is 18.2 Å². The molecule has 5 nitrogen and oxygen atoms in total.